The normalized spacial score (nSPS) is 9.55. The summed E-state index contributed by atoms with van der Waals surface area (Å²) in [5.74, 6) is -1.53. The Labute approximate surface area is 114 Å². The van der Waals surface area contributed by atoms with Gasteiger partial charge >= 0.3 is 5.97 Å². The van der Waals surface area contributed by atoms with Gasteiger partial charge in [-0.25, -0.2) is 9.78 Å². The zero-order chi connectivity index (χ0) is 14.5. The van der Waals surface area contributed by atoms with Crippen molar-refractivity contribution in [3.63, 3.8) is 0 Å². The maximum absolute atomic E-state index is 11.9. The van der Waals surface area contributed by atoms with E-state index in [2.05, 4.69) is 10.3 Å². The van der Waals surface area contributed by atoms with E-state index in [1.54, 1.807) is 18.2 Å². The first-order valence-corrected chi connectivity index (χ1v) is 5.61. The number of carbonyl (C=O) groups excluding carboxylic acids is 1. The van der Waals surface area contributed by atoms with Gasteiger partial charge in [-0.2, -0.15) is 5.26 Å². The highest BCUT2D eigenvalue weighted by Gasteiger charge is 2.08. The molecule has 0 saturated carbocycles. The number of carbonyl (C=O) groups is 2. The molecule has 0 spiro atoms. The highest BCUT2D eigenvalue weighted by atomic mass is 16.4. The lowest BCUT2D eigenvalue weighted by molar-refractivity contribution is 0.0690. The van der Waals surface area contributed by atoms with Gasteiger partial charge in [0.25, 0.3) is 5.91 Å². The third-order valence-corrected chi connectivity index (χ3v) is 2.49. The van der Waals surface area contributed by atoms with E-state index in [1.165, 1.54) is 24.4 Å². The van der Waals surface area contributed by atoms with Gasteiger partial charge in [-0.3, -0.25) is 4.79 Å². The number of aromatic nitrogens is 1. The number of nitrogens with zero attached hydrogens (tertiary/aromatic N) is 2. The van der Waals surface area contributed by atoms with Gasteiger partial charge < -0.3 is 10.4 Å². The van der Waals surface area contributed by atoms with Gasteiger partial charge in [-0.05, 0) is 30.3 Å². The Bertz CT molecular complexity index is 702. The third-order valence-electron chi connectivity index (χ3n) is 2.49. The highest BCUT2D eigenvalue weighted by Crippen LogP contribution is 2.10. The molecule has 1 aromatic carbocycles. The van der Waals surface area contributed by atoms with Crippen molar-refractivity contribution in [1.29, 1.82) is 5.26 Å². The van der Waals surface area contributed by atoms with Gasteiger partial charge in [-0.15, -0.1) is 0 Å². The summed E-state index contributed by atoms with van der Waals surface area (Å²) in [6, 6.07) is 10.9. The van der Waals surface area contributed by atoms with Crippen molar-refractivity contribution in [2.45, 2.75) is 0 Å². The molecular formula is C14H9N3O3. The number of aromatic carboxylic acids is 1. The van der Waals surface area contributed by atoms with Gasteiger partial charge in [0.2, 0.25) is 0 Å². The number of anilines is 1. The summed E-state index contributed by atoms with van der Waals surface area (Å²) in [6.07, 6.45) is 1.26. The molecule has 1 amide bonds. The summed E-state index contributed by atoms with van der Waals surface area (Å²) >= 11 is 0. The van der Waals surface area contributed by atoms with Crippen molar-refractivity contribution in [3.8, 4) is 6.07 Å². The molecule has 0 unspecified atom stereocenters. The molecule has 2 rings (SSSR count). The summed E-state index contributed by atoms with van der Waals surface area (Å²) in [6.45, 7) is 0. The maximum atomic E-state index is 11.9. The summed E-state index contributed by atoms with van der Waals surface area (Å²) < 4.78 is 0. The van der Waals surface area contributed by atoms with Crippen molar-refractivity contribution in [2.75, 3.05) is 5.32 Å². The molecule has 2 aromatic rings. The minimum absolute atomic E-state index is 0.102. The van der Waals surface area contributed by atoms with Crippen molar-refractivity contribution in [3.05, 3.63) is 59.4 Å². The molecule has 1 aromatic heterocycles. The van der Waals surface area contributed by atoms with Crippen LogP contribution in [0.15, 0.2) is 42.6 Å². The third kappa shape index (κ3) is 2.97. The van der Waals surface area contributed by atoms with Crippen LogP contribution in [0.5, 0.6) is 0 Å². The van der Waals surface area contributed by atoms with Crippen LogP contribution in [0, 0.1) is 11.3 Å². The molecule has 98 valence electrons. The molecule has 6 heteroatoms. The zero-order valence-electron chi connectivity index (χ0n) is 10.2. The van der Waals surface area contributed by atoms with E-state index in [9.17, 15) is 9.59 Å². The maximum Gasteiger partial charge on any atom is 0.354 e. The molecule has 2 N–H and O–H groups in total. The fraction of sp³-hybridized carbons (Fsp3) is 0. The molecule has 6 nitrogen and oxygen atoms in total. The molecule has 0 aliphatic rings. The molecular weight excluding hydrogens is 258 g/mol. The standard InChI is InChI=1S/C14H9N3O3/c15-7-9-2-1-3-10(6-9)13(18)17-11-4-5-12(14(19)20)16-8-11/h1-6,8H,(H,17,18)(H,19,20). The monoisotopic (exact) mass is 267 g/mol. The molecule has 0 bridgehead atoms. The second-order valence-corrected chi connectivity index (χ2v) is 3.88. The largest absolute Gasteiger partial charge is 0.477 e. The smallest absolute Gasteiger partial charge is 0.354 e. The van der Waals surface area contributed by atoms with E-state index in [1.807, 2.05) is 6.07 Å². The first-order valence-electron chi connectivity index (χ1n) is 5.61. The van der Waals surface area contributed by atoms with Crippen molar-refractivity contribution < 1.29 is 14.7 Å². The van der Waals surface area contributed by atoms with E-state index in [-0.39, 0.29) is 5.69 Å². The number of benzene rings is 1. The van der Waals surface area contributed by atoms with Crippen LogP contribution in [-0.4, -0.2) is 22.0 Å². The van der Waals surface area contributed by atoms with Crippen LogP contribution in [0.3, 0.4) is 0 Å². The first-order chi connectivity index (χ1) is 9.60. The lowest BCUT2D eigenvalue weighted by atomic mass is 10.1. The number of hydrogen-bond donors (Lipinski definition) is 2. The minimum atomic E-state index is -1.13. The number of carboxylic acid groups (broad SMARTS) is 1. The lowest BCUT2D eigenvalue weighted by Crippen LogP contribution is -2.12. The predicted octanol–water partition coefficient (Wildman–Crippen LogP) is 1.90. The fourth-order valence-corrected chi connectivity index (χ4v) is 1.53. The fourth-order valence-electron chi connectivity index (χ4n) is 1.53. The Balaban J connectivity index is 2.15. The number of nitrogens with one attached hydrogen (secondary N) is 1. The summed E-state index contributed by atoms with van der Waals surface area (Å²) in [5, 5.41) is 20.1. The van der Waals surface area contributed by atoms with E-state index >= 15 is 0 Å². The van der Waals surface area contributed by atoms with Gasteiger partial charge in [0, 0.05) is 5.56 Å². The molecule has 20 heavy (non-hydrogen) atoms. The Morgan fingerprint density at radius 1 is 1.25 bits per heavy atom. The van der Waals surface area contributed by atoms with E-state index in [0.717, 1.165) is 0 Å². The van der Waals surface area contributed by atoms with Crippen LogP contribution in [0.1, 0.15) is 26.4 Å². The minimum Gasteiger partial charge on any atom is -0.477 e. The van der Waals surface area contributed by atoms with Crippen LogP contribution in [0.4, 0.5) is 5.69 Å². The zero-order valence-corrected chi connectivity index (χ0v) is 10.2. The molecule has 1 heterocycles. The van der Waals surface area contributed by atoms with Crippen LogP contribution in [-0.2, 0) is 0 Å². The molecule has 0 fully saturated rings. The van der Waals surface area contributed by atoms with E-state index in [0.29, 0.717) is 16.8 Å². The van der Waals surface area contributed by atoms with Crippen molar-refractivity contribution >= 4 is 17.6 Å². The molecule has 0 saturated heterocycles. The molecule has 0 aliphatic heterocycles. The molecule has 0 aliphatic carbocycles. The van der Waals surface area contributed by atoms with Crippen LogP contribution >= 0.6 is 0 Å². The SMILES string of the molecule is N#Cc1cccc(C(=O)Nc2ccc(C(=O)O)nc2)c1. The number of amides is 1. The van der Waals surface area contributed by atoms with Crippen molar-refractivity contribution in [2.24, 2.45) is 0 Å². The Kier molecular flexibility index (Phi) is 3.72. The molecule has 0 radical (unpaired) electrons. The molecule has 0 atom stereocenters. The van der Waals surface area contributed by atoms with E-state index < -0.39 is 11.9 Å². The van der Waals surface area contributed by atoms with Crippen LogP contribution < -0.4 is 5.32 Å². The number of nitriles is 1. The quantitative estimate of drug-likeness (QED) is 0.884. The Hall–Kier alpha value is -3.20. The second kappa shape index (κ2) is 5.63. The number of rotatable bonds is 3. The number of pyridine rings is 1. The van der Waals surface area contributed by atoms with Gasteiger partial charge in [-0.1, -0.05) is 6.07 Å². The van der Waals surface area contributed by atoms with Gasteiger partial charge in [0.05, 0.1) is 23.5 Å². The average Bonchev–Trinajstić information content (AvgIpc) is 2.47. The summed E-state index contributed by atoms with van der Waals surface area (Å²) in [5.41, 5.74) is 1.00. The number of hydrogen-bond acceptors (Lipinski definition) is 4. The first kappa shape index (κ1) is 13.2. The van der Waals surface area contributed by atoms with Crippen LogP contribution in [0.2, 0.25) is 0 Å². The summed E-state index contributed by atoms with van der Waals surface area (Å²) in [4.78, 5) is 26.3. The van der Waals surface area contributed by atoms with Crippen LogP contribution in [0.25, 0.3) is 0 Å². The highest BCUT2D eigenvalue weighted by molar-refractivity contribution is 6.04. The average molecular weight is 267 g/mol. The van der Waals surface area contributed by atoms with E-state index in [4.69, 9.17) is 10.4 Å². The lowest BCUT2D eigenvalue weighted by Gasteiger charge is -2.05. The van der Waals surface area contributed by atoms with Gasteiger partial charge in [0.15, 0.2) is 0 Å². The number of carboxylic acids is 1. The van der Waals surface area contributed by atoms with Crippen molar-refractivity contribution in [1.82, 2.24) is 4.98 Å². The van der Waals surface area contributed by atoms with Gasteiger partial charge in [0.1, 0.15) is 5.69 Å². The predicted molar refractivity (Wildman–Crippen MR) is 70.3 cm³/mol. The second-order valence-electron chi connectivity index (χ2n) is 3.88. The summed E-state index contributed by atoms with van der Waals surface area (Å²) in [7, 11) is 0. The Morgan fingerprint density at radius 3 is 2.65 bits per heavy atom. The topological polar surface area (TPSA) is 103 Å². The Morgan fingerprint density at radius 2 is 2.05 bits per heavy atom.